The molecule has 170 valence electrons. The van der Waals surface area contributed by atoms with E-state index in [1.807, 2.05) is 31.2 Å². The van der Waals surface area contributed by atoms with Gasteiger partial charge in [0.1, 0.15) is 0 Å². The van der Waals surface area contributed by atoms with Gasteiger partial charge in [-0.15, -0.1) is 0 Å². The lowest BCUT2D eigenvalue weighted by molar-refractivity contribution is -0.123. The smallest absolute Gasteiger partial charge is 0.254 e. The lowest BCUT2D eigenvalue weighted by Crippen LogP contribution is -2.49. The van der Waals surface area contributed by atoms with Crippen LogP contribution in [0.4, 0.5) is 0 Å². The first-order valence-electron chi connectivity index (χ1n) is 10.9. The van der Waals surface area contributed by atoms with Crippen LogP contribution in [0.2, 0.25) is 0 Å². The third kappa shape index (κ3) is 5.85. The van der Waals surface area contributed by atoms with Gasteiger partial charge in [0.2, 0.25) is 11.8 Å². The van der Waals surface area contributed by atoms with Crippen molar-refractivity contribution in [3.05, 3.63) is 77.3 Å². The van der Waals surface area contributed by atoms with E-state index in [0.29, 0.717) is 43.3 Å². The van der Waals surface area contributed by atoms with Crippen molar-refractivity contribution < 1.29 is 18.8 Å². The largest absolute Gasteiger partial charge is 0.441 e. The van der Waals surface area contributed by atoms with Crippen molar-refractivity contribution in [1.29, 1.82) is 0 Å². The van der Waals surface area contributed by atoms with Crippen LogP contribution in [0.5, 0.6) is 0 Å². The zero-order valence-corrected chi connectivity index (χ0v) is 18.5. The Hall–Kier alpha value is -3.94. The Labute approximate surface area is 192 Å². The first-order chi connectivity index (χ1) is 16.0. The molecule has 2 aromatic carbocycles. The van der Waals surface area contributed by atoms with Crippen molar-refractivity contribution >= 4 is 17.7 Å². The first kappa shape index (κ1) is 22.3. The lowest BCUT2D eigenvalue weighted by atomic mass is 10.1. The summed E-state index contributed by atoms with van der Waals surface area (Å²) in [7, 11) is 0. The Balaban J connectivity index is 1.23. The zero-order valence-electron chi connectivity index (χ0n) is 18.5. The van der Waals surface area contributed by atoms with Gasteiger partial charge >= 0.3 is 0 Å². The number of hydrogen-bond donors (Lipinski definition) is 2. The number of piperazine rings is 1. The van der Waals surface area contributed by atoms with Gasteiger partial charge in [0, 0.05) is 43.6 Å². The fraction of sp³-hybridized carbons (Fsp3) is 0.280. The molecule has 8 nitrogen and oxygen atoms in total. The Bertz CT molecular complexity index is 1140. The number of amides is 3. The van der Waals surface area contributed by atoms with E-state index in [4.69, 9.17) is 4.42 Å². The van der Waals surface area contributed by atoms with Crippen LogP contribution in [-0.2, 0) is 22.6 Å². The minimum Gasteiger partial charge on any atom is -0.441 e. The molecule has 3 aromatic rings. The topological polar surface area (TPSA) is 105 Å². The highest BCUT2D eigenvalue weighted by Crippen LogP contribution is 2.21. The molecule has 2 N–H and O–H groups in total. The van der Waals surface area contributed by atoms with E-state index in [1.165, 1.54) is 10.5 Å². The summed E-state index contributed by atoms with van der Waals surface area (Å²) >= 11 is 0. The van der Waals surface area contributed by atoms with Crippen LogP contribution in [0, 0.1) is 6.92 Å². The Morgan fingerprint density at radius 1 is 1.12 bits per heavy atom. The molecule has 0 unspecified atom stereocenters. The molecule has 0 aliphatic carbocycles. The molecule has 1 fully saturated rings. The Morgan fingerprint density at radius 3 is 2.61 bits per heavy atom. The monoisotopic (exact) mass is 446 g/mol. The Kier molecular flexibility index (Phi) is 6.83. The predicted molar refractivity (Wildman–Crippen MR) is 122 cm³/mol. The fourth-order valence-electron chi connectivity index (χ4n) is 3.55. The van der Waals surface area contributed by atoms with Gasteiger partial charge in [-0.3, -0.25) is 14.4 Å². The minimum atomic E-state index is -0.170. The maximum Gasteiger partial charge on any atom is 0.254 e. The van der Waals surface area contributed by atoms with Gasteiger partial charge in [0.15, 0.2) is 11.7 Å². The van der Waals surface area contributed by atoms with Gasteiger partial charge in [0.25, 0.3) is 5.91 Å². The summed E-state index contributed by atoms with van der Waals surface area (Å²) in [6.45, 7) is 3.43. The number of nitrogens with zero attached hydrogens (tertiary/aromatic N) is 2. The third-order valence-electron chi connectivity index (χ3n) is 5.47. The molecule has 4 rings (SSSR count). The highest BCUT2D eigenvalue weighted by molar-refractivity contribution is 5.97. The standard InChI is InChI=1S/C25H26N4O4/c1-17-2-6-19(7-3-17)21-15-28-24(33-21)11-10-22(30)27-14-18-4-8-20(9-5-18)25(32)29-13-12-26-23(31)16-29/h2-9,15H,10-14,16H2,1H3,(H,26,31)(H,27,30). The van der Waals surface area contributed by atoms with Crippen molar-refractivity contribution in [1.82, 2.24) is 20.5 Å². The summed E-state index contributed by atoms with van der Waals surface area (Å²) in [5.74, 6) is 0.784. The molecule has 1 saturated heterocycles. The number of rotatable bonds is 7. The van der Waals surface area contributed by atoms with Gasteiger partial charge in [-0.1, -0.05) is 42.0 Å². The average molecular weight is 447 g/mol. The second kappa shape index (κ2) is 10.1. The summed E-state index contributed by atoms with van der Waals surface area (Å²) in [6, 6.07) is 15.0. The van der Waals surface area contributed by atoms with Crippen LogP contribution >= 0.6 is 0 Å². The van der Waals surface area contributed by atoms with E-state index in [2.05, 4.69) is 15.6 Å². The van der Waals surface area contributed by atoms with Crippen LogP contribution < -0.4 is 10.6 Å². The molecule has 0 spiro atoms. The molecule has 3 amide bonds. The number of carbonyl (C=O) groups is 3. The van der Waals surface area contributed by atoms with Gasteiger partial charge in [-0.25, -0.2) is 4.98 Å². The molecule has 0 saturated carbocycles. The lowest BCUT2D eigenvalue weighted by Gasteiger charge is -2.26. The number of nitrogens with one attached hydrogen (secondary N) is 2. The second-order valence-corrected chi connectivity index (χ2v) is 8.03. The second-order valence-electron chi connectivity index (χ2n) is 8.03. The van der Waals surface area contributed by atoms with Crippen LogP contribution in [-0.4, -0.2) is 47.2 Å². The number of benzene rings is 2. The van der Waals surface area contributed by atoms with Crippen molar-refractivity contribution in [3.8, 4) is 11.3 Å². The van der Waals surface area contributed by atoms with Crippen LogP contribution in [0.3, 0.4) is 0 Å². The van der Waals surface area contributed by atoms with E-state index in [1.54, 1.807) is 30.5 Å². The van der Waals surface area contributed by atoms with E-state index in [-0.39, 0.29) is 30.7 Å². The molecule has 0 bridgehead atoms. The predicted octanol–water partition coefficient (Wildman–Crippen LogP) is 2.47. The SMILES string of the molecule is Cc1ccc(-c2cnc(CCC(=O)NCc3ccc(C(=O)N4CCNC(=O)C4)cc3)o2)cc1. The molecular formula is C25H26N4O4. The van der Waals surface area contributed by atoms with Crippen molar-refractivity contribution in [2.24, 2.45) is 0 Å². The highest BCUT2D eigenvalue weighted by Gasteiger charge is 2.22. The first-order valence-corrected chi connectivity index (χ1v) is 10.9. The minimum absolute atomic E-state index is 0.0771. The van der Waals surface area contributed by atoms with Crippen LogP contribution in [0.1, 0.15) is 33.8 Å². The molecule has 0 atom stereocenters. The van der Waals surface area contributed by atoms with E-state index >= 15 is 0 Å². The third-order valence-corrected chi connectivity index (χ3v) is 5.47. The molecule has 1 aliphatic rings. The van der Waals surface area contributed by atoms with E-state index in [0.717, 1.165) is 11.1 Å². The van der Waals surface area contributed by atoms with Gasteiger partial charge < -0.3 is 20.0 Å². The van der Waals surface area contributed by atoms with Crippen LogP contribution in [0.25, 0.3) is 11.3 Å². The number of aromatic nitrogens is 1. The van der Waals surface area contributed by atoms with E-state index < -0.39 is 0 Å². The Morgan fingerprint density at radius 2 is 1.88 bits per heavy atom. The summed E-state index contributed by atoms with van der Waals surface area (Å²) in [5.41, 5.74) is 3.53. The summed E-state index contributed by atoms with van der Waals surface area (Å²) in [6.07, 6.45) is 2.35. The normalized spacial score (nSPS) is 13.5. The van der Waals surface area contributed by atoms with Crippen LogP contribution in [0.15, 0.2) is 59.1 Å². The molecule has 33 heavy (non-hydrogen) atoms. The van der Waals surface area contributed by atoms with Gasteiger partial charge in [0.05, 0.1) is 12.7 Å². The summed E-state index contributed by atoms with van der Waals surface area (Å²) in [4.78, 5) is 42.0. The van der Waals surface area contributed by atoms with Gasteiger partial charge in [-0.2, -0.15) is 0 Å². The van der Waals surface area contributed by atoms with Crippen molar-refractivity contribution in [2.45, 2.75) is 26.3 Å². The zero-order chi connectivity index (χ0) is 23.2. The molecule has 2 heterocycles. The van der Waals surface area contributed by atoms with Gasteiger partial charge in [-0.05, 0) is 24.6 Å². The molecule has 1 aromatic heterocycles. The molecular weight excluding hydrogens is 420 g/mol. The number of aryl methyl sites for hydroxylation is 2. The average Bonchev–Trinajstić information content (AvgIpc) is 3.31. The quantitative estimate of drug-likeness (QED) is 0.580. The molecule has 0 radical (unpaired) electrons. The summed E-state index contributed by atoms with van der Waals surface area (Å²) in [5, 5.41) is 5.58. The number of carbonyl (C=O) groups excluding carboxylic acids is 3. The van der Waals surface area contributed by atoms with E-state index in [9.17, 15) is 14.4 Å². The summed E-state index contributed by atoms with van der Waals surface area (Å²) < 4.78 is 5.76. The molecule has 8 heteroatoms. The number of oxazole rings is 1. The molecule has 1 aliphatic heterocycles. The maximum atomic E-state index is 12.5. The number of hydrogen-bond acceptors (Lipinski definition) is 5. The maximum absolute atomic E-state index is 12.5. The van der Waals surface area contributed by atoms with Crippen molar-refractivity contribution in [2.75, 3.05) is 19.6 Å². The highest BCUT2D eigenvalue weighted by atomic mass is 16.4. The fourth-order valence-corrected chi connectivity index (χ4v) is 3.55. The van der Waals surface area contributed by atoms with Crippen molar-refractivity contribution in [3.63, 3.8) is 0 Å².